The lowest BCUT2D eigenvalue weighted by Crippen LogP contribution is -2.35. The third-order valence-corrected chi connectivity index (χ3v) is 6.07. The average Bonchev–Trinajstić information content (AvgIpc) is 3.33. The molecule has 0 aliphatic heterocycles. The van der Waals surface area contributed by atoms with Crippen LogP contribution >= 0.6 is 0 Å². The molecule has 0 spiro atoms. The molecular formula is C28H26F3N3O3. The molecule has 0 bridgehead atoms. The average molecular weight is 510 g/mol. The standard InChI is InChI=1S/C28H26F3N3O3/c1-17(2)34(16-25(35)36)15-19-8-6-9-20(13-19)26-32-27(37-33-26)21-11-12-23(24(14-21)28(29,30)31)22-10-5-4-7-18(22)3/h4-14,17H,15-16H2,1-3H3,(H,35,36). The molecule has 0 saturated carbocycles. The third kappa shape index (κ3) is 6.06. The minimum Gasteiger partial charge on any atom is -0.480 e. The number of rotatable bonds is 8. The van der Waals surface area contributed by atoms with Crippen molar-refractivity contribution in [1.82, 2.24) is 15.0 Å². The lowest BCUT2D eigenvalue weighted by Gasteiger charge is -2.24. The Bertz CT molecular complexity index is 1410. The van der Waals surface area contributed by atoms with Gasteiger partial charge in [0, 0.05) is 23.7 Å². The summed E-state index contributed by atoms with van der Waals surface area (Å²) in [6.45, 7) is 5.89. The maximum absolute atomic E-state index is 14.0. The molecule has 0 radical (unpaired) electrons. The van der Waals surface area contributed by atoms with Crippen LogP contribution in [0.2, 0.25) is 0 Å². The van der Waals surface area contributed by atoms with Crippen LogP contribution in [0, 0.1) is 6.92 Å². The summed E-state index contributed by atoms with van der Waals surface area (Å²) in [5.74, 6) is -0.723. The summed E-state index contributed by atoms with van der Waals surface area (Å²) in [5, 5.41) is 13.2. The van der Waals surface area contributed by atoms with E-state index >= 15 is 0 Å². The van der Waals surface area contributed by atoms with Gasteiger partial charge in [-0.2, -0.15) is 18.2 Å². The second kappa shape index (κ2) is 10.6. The van der Waals surface area contributed by atoms with Gasteiger partial charge in [0.25, 0.3) is 5.89 Å². The van der Waals surface area contributed by atoms with Crippen molar-refractivity contribution in [3.05, 3.63) is 83.4 Å². The number of hydrogen-bond donors (Lipinski definition) is 1. The molecule has 4 aromatic rings. The number of carboxylic acid groups (broad SMARTS) is 1. The van der Waals surface area contributed by atoms with E-state index in [0.29, 0.717) is 17.7 Å². The smallest absolute Gasteiger partial charge is 0.417 e. The van der Waals surface area contributed by atoms with Gasteiger partial charge in [-0.05, 0) is 61.2 Å². The van der Waals surface area contributed by atoms with Crippen molar-refractivity contribution in [2.45, 2.75) is 39.5 Å². The molecule has 0 fully saturated rings. The SMILES string of the molecule is Cc1ccccc1-c1ccc(-c2nc(-c3cccc(CN(CC(=O)O)C(C)C)c3)no2)cc1C(F)(F)F. The summed E-state index contributed by atoms with van der Waals surface area (Å²) in [5.41, 5.74) is 2.15. The fraction of sp³-hybridized carbons (Fsp3) is 0.250. The maximum Gasteiger partial charge on any atom is 0.417 e. The van der Waals surface area contributed by atoms with Gasteiger partial charge in [0.15, 0.2) is 0 Å². The Morgan fingerprint density at radius 2 is 1.76 bits per heavy atom. The van der Waals surface area contributed by atoms with Crippen molar-refractivity contribution in [3.63, 3.8) is 0 Å². The normalized spacial score (nSPS) is 11.9. The largest absolute Gasteiger partial charge is 0.480 e. The number of alkyl halides is 3. The molecule has 0 unspecified atom stereocenters. The number of aromatic nitrogens is 2. The first-order valence-electron chi connectivity index (χ1n) is 11.7. The van der Waals surface area contributed by atoms with Gasteiger partial charge in [-0.3, -0.25) is 9.69 Å². The zero-order valence-electron chi connectivity index (χ0n) is 20.6. The van der Waals surface area contributed by atoms with E-state index in [9.17, 15) is 23.1 Å². The Morgan fingerprint density at radius 3 is 2.43 bits per heavy atom. The number of carboxylic acids is 1. The Kier molecular flexibility index (Phi) is 7.45. The van der Waals surface area contributed by atoms with E-state index in [1.54, 1.807) is 48.2 Å². The van der Waals surface area contributed by atoms with E-state index < -0.39 is 17.7 Å². The summed E-state index contributed by atoms with van der Waals surface area (Å²) in [6.07, 6.45) is -4.58. The number of carbonyl (C=O) groups is 1. The van der Waals surface area contributed by atoms with Crippen molar-refractivity contribution < 1.29 is 27.6 Å². The van der Waals surface area contributed by atoms with Crippen LogP contribution in [0.1, 0.15) is 30.5 Å². The maximum atomic E-state index is 14.0. The first kappa shape index (κ1) is 26.1. The molecule has 0 aliphatic rings. The van der Waals surface area contributed by atoms with E-state index in [-0.39, 0.29) is 35.4 Å². The highest BCUT2D eigenvalue weighted by atomic mass is 19.4. The predicted octanol–water partition coefficient (Wildman–Crippen LogP) is 6.69. The minimum absolute atomic E-state index is 0.0157. The fourth-order valence-electron chi connectivity index (χ4n) is 4.12. The van der Waals surface area contributed by atoms with E-state index in [1.165, 1.54) is 12.1 Å². The Hall–Kier alpha value is -3.98. The third-order valence-electron chi connectivity index (χ3n) is 6.07. The van der Waals surface area contributed by atoms with Crippen LogP contribution in [0.5, 0.6) is 0 Å². The molecule has 9 heteroatoms. The molecule has 192 valence electrons. The number of aliphatic carboxylic acids is 1. The second-order valence-electron chi connectivity index (χ2n) is 9.09. The van der Waals surface area contributed by atoms with Crippen molar-refractivity contribution in [2.75, 3.05) is 6.54 Å². The van der Waals surface area contributed by atoms with Gasteiger partial charge < -0.3 is 9.63 Å². The van der Waals surface area contributed by atoms with Crippen LogP contribution in [0.4, 0.5) is 13.2 Å². The molecule has 0 atom stereocenters. The highest BCUT2D eigenvalue weighted by Gasteiger charge is 2.34. The number of aryl methyl sites for hydroxylation is 1. The van der Waals surface area contributed by atoms with Gasteiger partial charge in [0.05, 0.1) is 12.1 Å². The van der Waals surface area contributed by atoms with Gasteiger partial charge in [-0.25, -0.2) is 0 Å². The Balaban J connectivity index is 1.65. The zero-order chi connectivity index (χ0) is 26.7. The van der Waals surface area contributed by atoms with Crippen LogP contribution in [-0.2, 0) is 17.5 Å². The highest BCUT2D eigenvalue weighted by Crippen LogP contribution is 2.40. The molecule has 4 rings (SSSR count). The lowest BCUT2D eigenvalue weighted by molar-refractivity contribution is -0.139. The van der Waals surface area contributed by atoms with Crippen LogP contribution in [0.3, 0.4) is 0 Å². The summed E-state index contributed by atoms with van der Waals surface area (Å²) in [4.78, 5) is 17.3. The molecule has 6 nitrogen and oxygen atoms in total. The predicted molar refractivity (Wildman–Crippen MR) is 134 cm³/mol. The van der Waals surface area contributed by atoms with Gasteiger partial charge >= 0.3 is 12.1 Å². The van der Waals surface area contributed by atoms with E-state index in [4.69, 9.17) is 4.52 Å². The molecule has 1 N–H and O–H groups in total. The second-order valence-corrected chi connectivity index (χ2v) is 9.09. The monoisotopic (exact) mass is 509 g/mol. The fourth-order valence-corrected chi connectivity index (χ4v) is 4.12. The van der Waals surface area contributed by atoms with Gasteiger partial charge in [-0.1, -0.05) is 53.7 Å². The van der Waals surface area contributed by atoms with Crippen molar-refractivity contribution >= 4 is 5.97 Å². The van der Waals surface area contributed by atoms with Gasteiger partial charge in [0.1, 0.15) is 0 Å². The van der Waals surface area contributed by atoms with Crippen molar-refractivity contribution in [2.24, 2.45) is 0 Å². The van der Waals surface area contributed by atoms with Crippen molar-refractivity contribution in [1.29, 1.82) is 0 Å². The number of benzene rings is 3. The number of hydrogen-bond acceptors (Lipinski definition) is 5. The summed E-state index contributed by atoms with van der Waals surface area (Å²) in [7, 11) is 0. The molecule has 0 saturated heterocycles. The van der Waals surface area contributed by atoms with E-state index in [0.717, 1.165) is 17.2 Å². The Morgan fingerprint density at radius 1 is 1.00 bits per heavy atom. The van der Waals surface area contributed by atoms with Crippen LogP contribution in [-0.4, -0.2) is 38.7 Å². The van der Waals surface area contributed by atoms with Crippen LogP contribution in [0.15, 0.2) is 71.3 Å². The molecule has 3 aromatic carbocycles. The number of halogens is 3. The highest BCUT2D eigenvalue weighted by molar-refractivity contribution is 5.74. The molecule has 37 heavy (non-hydrogen) atoms. The Labute approximate surface area is 212 Å². The summed E-state index contributed by atoms with van der Waals surface area (Å²) >= 11 is 0. The molecule has 0 amide bonds. The van der Waals surface area contributed by atoms with Gasteiger partial charge in [-0.15, -0.1) is 0 Å². The van der Waals surface area contributed by atoms with E-state index in [1.807, 2.05) is 26.0 Å². The first-order chi connectivity index (χ1) is 17.5. The summed E-state index contributed by atoms with van der Waals surface area (Å²) < 4.78 is 47.4. The number of nitrogens with zero attached hydrogens (tertiary/aromatic N) is 3. The molecule has 1 heterocycles. The lowest BCUT2D eigenvalue weighted by atomic mass is 9.94. The van der Waals surface area contributed by atoms with Gasteiger partial charge in [0.2, 0.25) is 5.82 Å². The zero-order valence-corrected chi connectivity index (χ0v) is 20.6. The summed E-state index contributed by atoms with van der Waals surface area (Å²) in [6, 6.07) is 18.2. The molecular weight excluding hydrogens is 483 g/mol. The molecule has 1 aromatic heterocycles. The van der Waals surface area contributed by atoms with Crippen LogP contribution in [0.25, 0.3) is 34.0 Å². The minimum atomic E-state index is -4.58. The van der Waals surface area contributed by atoms with Crippen LogP contribution < -0.4 is 0 Å². The molecule has 0 aliphatic carbocycles. The quantitative estimate of drug-likeness (QED) is 0.285. The first-order valence-corrected chi connectivity index (χ1v) is 11.7. The topological polar surface area (TPSA) is 79.5 Å². The van der Waals surface area contributed by atoms with Crippen molar-refractivity contribution in [3.8, 4) is 34.0 Å². The van der Waals surface area contributed by atoms with E-state index in [2.05, 4.69) is 10.1 Å².